The fourth-order valence-electron chi connectivity index (χ4n) is 2.90. The third-order valence-electron chi connectivity index (χ3n) is 4.13. The van der Waals surface area contributed by atoms with Crippen molar-refractivity contribution in [2.45, 2.75) is 32.2 Å². The van der Waals surface area contributed by atoms with Gasteiger partial charge in [-0.15, -0.1) is 0 Å². The molecule has 0 saturated carbocycles. The summed E-state index contributed by atoms with van der Waals surface area (Å²) in [4.78, 5) is 11.8. The molecule has 0 aliphatic carbocycles. The molecule has 1 saturated heterocycles. The van der Waals surface area contributed by atoms with Crippen LogP contribution in [0.1, 0.15) is 35.2 Å². The van der Waals surface area contributed by atoms with Crippen molar-refractivity contribution in [1.29, 1.82) is 0 Å². The van der Waals surface area contributed by atoms with Gasteiger partial charge >= 0.3 is 5.97 Å². The highest BCUT2D eigenvalue weighted by molar-refractivity contribution is 5.90. The Bertz CT molecular complexity index is 705. The molecule has 0 spiro atoms. The molecule has 1 unspecified atom stereocenters. The van der Waals surface area contributed by atoms with E-state index in [2.05, 4.69) is 5.10 Å². The van der Waals surface area contributed by atoms with Gasteiger partial charge in [-0.25, -0.2) is 4.79 Å². The molecule has 24 heavy (non-hydrogen) atoms. The average molecular weight is 330 g/mol. The van der Waals surface area contributed by atoms with Crippen LogP contribution in [0.15, 0.2) is 30.5 Å². The number of benzene rings is 1. The lowest BCUT2D eigenvalue weighted by atomic mass is 10.1. The van der Waals surface area contributed by atoms with Crippen molar-refractivity contribution >= 4 is 5.97 Å². The van der Waals surface area contributed by atoms with E-state index in [0.717, 1.165) is 42.7 Å². The number of carbonyl (C=O) groups excluding carboxylic acids is 1. The highest BCUT2D eigenvalue weighted by atomic mass is 16.7. The minimum Gasteiger partial charge on any atom is -0.465 e. The van der Waals surface area contributed by atoms with Crippen LogP contribution < -0.4 is 0 Å². The van der Waals surface area contributed by atoms with Gasteiger partial charge < -0.3 is 14.2 Å². The number of methoxy groups -OCH3 is 1. The zero-order valence-corrected chi connectivity index (χ0v) is 14.0. The zero-order chi connectivity index (χ0) is 16.9. The molecule has 2 aromatic rings. The molecular formula is C18H22N2O4. The number of aromatic nitrogens is 2. The maximum Gasteiger partial charge on any atom is 0.337 e. The number of hydrogen-bond donors (Lipinski definition) is 0. The number of nitrogens with zero attached hydrogens (tertiary/aromatic N) is 2. The second-order valence-corrected chi connectivity index (χ2v) is 5.82. The first kappa shape index (κ1) is 16.7. The summed E-state index contributed by atoms with van der Waals surface area (Å²) in [5.74, 6) is -0.354. The van der Waals surface area contributed by atoms with Crippen molar-refractivity contribution in [3.63, 3.8) is 0 Å². The second-order valence-electron chi connectivity index (χ2n) is 5.82. The lowest BCUT2D eigenvalue weighted by molar-refractivity contribution is -0.168. The van der Waals surface area contributed by atoms with E-state index in [1.807, 2.05) is 25.2 Å². The predicted molar refractivity (Wildman–Crippen MR) is 88.4 cm³/mol. The number of esters is 1. The maximum atomic E-state index is 11.8. The van der Waals surface area contributed by atoms with E-state index >= 15 is 0 Å². The molecule has 1 aliphatic rings. The first-order chi connectivity index (χ1) is 11.7. The highest BCUT2D eigenvalue weighted by Crippen LogP contribution is 2.26. The molecule has 6 heteroatoms. The van der Waals surface area contributed by atoms with Crippen molar-refractivity contribution < 1.29 is 19.0 Å². The fourth-order valence-corrected chi connectivity index (χ4v) is 2.90. The summed E-state index contributed by atoms with van der Waals surface area (Å²) >= 11 is 0. The maximum absolute atomic E-state index is 11.8. The van der Waals surface area contributed by atoms with Gasteiger partial charge in [-0.3, -0.25) is 4.68 Å². The van der Waals surface area contributed by atoms with Crippen LogP contribution in [0.4, 0.5) is 0 Å². The Morgan fingerprint density at radius 2 is 2.29 bits per heavy atom. The topological polar surface area (TPSA) is 62.6 Å². The van der Waals surface area contributed by atoms with E-state index in [4.69, 9.17) is 14.2 Å². The fraction of sp³-hybridized carbons (Fsp3) is 0.444. The summed E-state index contributed by atoms with van der Waals surface area (Å²) in [6.45, 7) is 1.18. The standard InChI is InChI=1S/C18H22N2O4/c1-20-17(13-6-5-7-14(10-13)18(21)22-2)15(11-19-20)12-24-16-8-3-4-9-23-16/h5-7,10-11,16H,3-4,8-9,12H2,1-2H3. The van der Waals surface area contributed by atoms with E-state index in [-0.39, 0.29) is 12.3 Å². The highest BCUT2D eigenvalue weighted by Gasteiger charge is 2.18. The quantitative estimate of drug-likeness (QED) is 0.789. The summed E-state index contributed by atoms with van der Waals surface area (Å²) in [5.41, 5.74) is 3.31. The molecule has 0 amide bonds. The van der Waals surface area contributed by atoms with Gasteiger partial charge in [0.2, 0.25) is 0 Å². The zero-order valence-electron chi connectivity index (χ0n) is 14.0. The van der Waals surface area contributed by atoms with Gasteiger partial charge in [0.25, 0.3) is 0 Å². The molecule has 0 radical (unpaired) electrons. The lowest BCUT2D eigenvalue weighted by Crippen LogP contribution is -2.22. The normalized spacial score (nSPS) is 17.7. The minimum atomic E-state index is -0.354. The van der Waals surface area contributed by atoms with E-state index < -0.39 is 0 Å². The SMILES string of the molecule is COC(=O)c1cccc(-c2c(COC3CCCCO3)cnn2C)c1. The molecule has 3 rings (SSSR count). The molecule has 1 aliphatic heterocycles. The number of ether oxygens (including phenoxy) is 3. The van der Waals surface area contributed by atoms with Gasteiger partial charge in [-0.2, -0.15) is 5.10 Å². The van der Waals surface area contributed by atoms with Crippen LogP contribution in [0.3, 0.4) is 0 Å². The smallest absolute Gasteiger partial charge is 0.337 e. The van der Waals surface area contributed by atoms with Crippen molar-refractivity contribution in [2.75, 3.05) is 13.7 Å². The van der Waals surface area contributed by atoms with Gasteiger partial charge in [0.15, 0.2) is 6.29 Å². The van der Waals surface area contributed by atoms with Crippen LogP contribution in [-0.4, -0.2) is 35.8 Å². The molecule has 1 fully saturated rings. The van der Waals surface area contributed by atoms with Gasteiger partial charge in [0, 0.05) is 24.8 Å². The molecule has 1 atom stereocenters. The van der Waals surface area contributed by atoms with E-state index in [0.29, 0.717) is 12.2 Å². The van der Waals surface area contributed by atoms with Crippen molar-refractivity contribution in [3.8, 4) is 11.3 Å². The van der Waals surface area contributed by atoms with Gasteiger partial charge in [0.1, 0.15) is 0 Å². The average Bonchev–Trinajstić information content (AvgIpc) is 3.01. The number of hydrogen-bond acceptors (Lipinski definition) is 5. The summed E-state index contributed by atoms with van der Waals surface area (Å²) in [5, 5.41) is 4.33. The van der Waals surface area contributed by atoms with Crippen LogP contribution in [0.25, 0.3) is 11.3 Å². The Morgan fingerprint density at radius 1 is 1.42 bits per heavy atom. The summed E-state index contributed by atoms with van der Waals surface area (Å²) in [6.07, 6.45) is 4.80. The van der Waals surface area contributed by atoms with Crippen LogP contribution >= 0.6 is 0 Å². The Labute approximate surface area is 141 Å². The first-order valence-electron chi connectivity index (χ1n) is 8.12. The second kappa shape index (κ2) is 7.59. The molecule has 0 bridgehead atoms. The summed E-state index contributed by atoms with van der Waals surface area (Å²) in [7, 11) is 3.25. The van der Waals surface area contributed by atoms with Crippen LogP contribution in [0.2, 0.25) is 0 Å². The van der Waals surface area contributed by atoms with Gasteiger partial charge in [0.05, 0.1) is 31.2 Å². The molecule has 2 heterocycles. The first-order valence-corrected chi connectivity index (χ1v) is 8.12. The van der Waals surface area contributed by atoms with Crippen LogP contribution in [0, 0.1) is 0 Å². The molecular weight excluding hydrogens is 308 g/mol. The Hall–Kier alpha value is -2.18. The molecule has 128 valence electrons. The number of rotatable bonds is 5. The summed E-state index contributed by atoms with van der Waals surface area (Å²) < 4.78 is 18.1. The molecule has 0 N–H and O–H groups in total. The molecule has 6 nitrogen and oxygen atoms in total. The van der Waals surface area contributed by atoms with Crippen molar-refractivity contribution in [3.05, 3.63) is 41.6 Å². The molecule has 1 aromatic carbocycles. The van der Waals surface area contributed by atoms with Crippen molar-refractivity contribution in [1.82, 2.24) is 9.78 Å². The Morgan fingerprint density at radius 3 is 3.04 bits per heavy atom. The van der Waals surface area contributed by atoms with Crippen LogP contribution in [0.5, 0.6) is 0 Å². The third-order valence-corrected chi connectivity index (χ3v) is 4.13. The van der Waals surface area contributed by atoms with Crippen molar-refractivity contribution in [2.24, 2.45) is 7.05 Å². The molecule has 1 aromatic heterocycles. The summed E-state index contributed by atoms with van der Waals surface area (Å²) in [6, 6.07) is 7.33. The van der Waals surface area contributed by atoms with E-state index in [1.54, 1.807) is 16.9 Å². The van der Waals surface area contributed by atoms with E-state index in [1.165, 1.54) is 7.11 Å². The number of carbonyl (C=O) groups is 1. The van der Waals surface area contributed by atoms with Gasteiger partial charge in [-0.1, -0.05) is 12.1 Å². The largest absolute Gasteiger partial charge is 0.465 e. The van der Waals surface area contributed by atoms with Crippen LogP contribution in [-0.2, 0) is 27.9 Å². The monoisotopic (exact) mass is 330 g/mol. The number of aryl methyl sites for hydroxylation is 1. The Kier molecular flexibility index (Phi) is 5.27. The minimum absolute atomic E-state index is 0.145. The predicted octanol–water partition coefficient (Wildman–Crippen LogP) is 2.92. The third kappa shape index (κ3) is 3.66. The Balaban J connectivity index is 1.80. The van der Waals surface area contributed by atoms with Gasteiger partial charge in [-0.05, 0) is 31.4 Å². The lowest BCUT2D eigenvalue weighted by Gasteiger charge is -2.22. The van der Waals surface area contributed by atoms with E-state index in [9.17, 15) is 4.79 Å².